The summed E-state index contributed by atoms with van der Waals surface area (Å²) in [6.07, 6.45) is 11.7. The number of amides is 1. The maximum absolute atomic E-state index is 12.4. The molecule has 0 aliphatic carbocycles. The van der Waals surface area contributed by atoms with Gasteiger partial charge < -0.3 is 10.4 Å². The molecule has 1 unspecified atom stereocenters. The average Bonchev–Trinajstić information content (AvgIpc) is 2.60. The summed E-state index contributed by atoms with van der Waals surface area (Å²) in [7, 11) is 0. The van der Waals surface area contributed by atoms with Crippen molar-refractivity contribution in [3.05, 3.63) is 29.5 Å². The van der Waals surface area contributed by atoms with Crippen LogP contribution < -0.4 is 5.32 Å². The third kappa shape index (κ3) is 7.96. The van der Waals surface area contributed by atoms with E-state index < -0.39 is 5.97 Å². The SMILES string of the molecule is CCCCCCCC(C)C(=O)Nc1ncc(/C=C/C(=O)O)cc1CC. The van der Waals surface area contributed by atoms with Gasteiger partial charge in [0.2, 0.25) is 5.91 Å². The molecule has 1 amide bonds. The van der Waals surface area contributed by atoms with Gasteiger partial charge in [0, 0.05) is 18.2 Å². The van der Waals surface area contributed by atoms with Gasteiger partial charge in [-0.25, -0.2) is 9.78 Å². The second kappa shape index (κ2) is 11.4. The van der Waals surface area contributed by atoms with E-state index in [1.54, 1.807) is 6.20 Å². The Morgan fingerprint density at radius 1 is 1.24 bits per heavy atom. The molecule has 5 nitrogen and oxygen atoms in total. The zero-order valence-corrected chi connectivity index (χ0v) is 15.5. The Kier molecular flexibility index (Phi) is 9.51. The van der Waals surface area contributed by atoms with Gasteiger partial charge in [-0.2, -0.15) is 0 Å². The van der Waals surface area contributed by atoms with Gasteiger partial charge in [-0.05, 0) is 36.1 Å². The Morgan fingerprint density at radius 3 is 2.60 bits per heavy atom. The Hall–Kier alpha value is -2.17. The van der Waals surface area contributed by atoms with Crippen molar-refractivity contribution in [1.29, 1.82) is 0 Å². The first kappa shape index (κ1) is 20.9. The van der Waals surface area contributed by atoms with Crippen LogP contribution in [0.5, 0.6) is 0 Å². The molecule has 138 valence electrons. The molecule has 0 spiro atoms. The number of aromatic nitrogens is 1. The molecule has 1 atom stereocenters. The molecule has 0 saturated carbocycles. The zero-order valence-electron chi connectivity index (χ0n) is 15.5. The van der Waals surface area contributed by atoms with Gasteiger partial charge in [-0.1, -0.05) is 52.9 Å². The summed E-state index contributed by atoms with van der Waals surface area (Å²) in [5, 5.41) is 11.6. The van der Waals surface area contributed by atoms with Crippen molar-refractivity contribution in [3.63, 3.8) is 0 Å². The van der Waals surface area contributed by atoms with Crippen molar-refractivity contribution in [3.8, 4) is 0 Å². The van der Waals surface area contributed by atoms with Crippen molar-refractivity contribution in [2.75, 3.05) is 5.32 Å². The first-order valence-corrected chi connectivity index (χ1v) is 9.18. The predicted octanol–water partition coefficient (Wildman–Crippen LogP) is 4.68. The van der Waals surface area contributed by atoms with Gasteiger partial charge in [0.15, 0.2) is 0 Å². The molecule has 25 heavy (non-hydrogen) atoms. The number of carbonyl (C=O) groups is 2. The molecular formula is C20H30N2O3. The van der Waals surface area contributed by atoms with E-state index in [0.29, 0.717) is 17.8 Å². The molecule has 0 aliphatic heterocycles. The third-order valence-electron chi connectivity index (χ3n) is 4.22. The quantitative estimate of drug-likeness (QED) is 0.450. The van der Waals surface area contributed by atoms with E-state index in [1.165, 1.54) is 31.8 Å². The van der Waals surface area contributed by atoms with Crippen molar-refractivity contribution in [2.24, 2.45) is 5.92 Å². The highest BCUT2D eigenvalue weighted by molar-refractivity contribution is 5.92. The standard InChI is InChI=1S/C20H30N2O3/c1-4-6-7-8-9-10-15(3)20(25)22-19-17(5-2)13-16(14-21-19)11-12-18(23)24/h11-15H,4-10H2,1-3H3,(H,23,24)(H,21,22,25)/b12-11+. The maximum atomic E-state index is 12.4. The van der Waals surface area contributed by atoms with Gasteiger partial charge in [0.1, 0.15) is 5.82 Å². The van der Waals surface area contributed by atoms with Crippen molar-refractivity contribution >= 4 is 23.8 Å². The smallest absolute Gasteiger partial charge is 0.328 e. The highest BCUT2D eigenvalue weighted by Crippen LogP contribution is 2.18. The highest BCUT2D eigenvalue weighted by atomic mass is 16.4. The summed E-state index contributed by atoms with van der Waals surface area (Å²) < 4.78 is 0. The topological polar surface area (TPSA) is 79.3 Å². The van der Waals surface area contributed by atoms with Gasteiger partial charge in [-0.3, -0.25) is 4.79 Å². The van der Waals surface area contributed by atoms with Crippen LogP contribution in [0.4, 0.5) is 5.82 Å². The van der Waals surface area contributed by atoms with Gasteiger partial charge in [0.25, 0.3) is 0 Å². The van der Waals surface area contributed by atoms with E-state index in [0.717, 1.165) is 24.5 Å². The second-order valence-corrected chi connectivity index (χ2v) is 6.39. The number of hydrogen-bond donors (Lipinski definition) is 2. The van der Waals surface area contributed by atoms with Crippen molar-refractivity contribution in [1.82, 2.24) is 4.98 Å². The fourth-order valence-corrected chi connectivity index (χ4v) is 2.59. The van der Waals surface area contributed by atoms with Crippen LogP contribution in [0.15, 0.2) is 18.3 Å². The molecule has 0 bridgehead atoms. The summed E-state index contributed by atoms with van der Waals surface area (Å²) in [4.78, 5) is 27.2. The van der Waals surface area contributed by atoms with Crippen LogP contribution in [0, 0.1) is 5.92 Å². The predicted molar refractivity (Wildman–Crippen MR) is 101 cm³/mol. The highest BCUT2D eigenvalue weighted by Gasteiger charge is 2.15. The van der Waals surface area contributed by atoms with E-state index in [-0.39, 0.29) is 11.8 Å². The fourth-order valence-electron chi connectivity index (χ4n) is 2.59. The van der Waals surface area contributed by atoms with E-state index in [1.807, 2.05) is 19.9 Å². The normalized spacial score (nSPS) is 12.3. The summed E-state index contributed by atoms with van der Waals surface area (Å²) in [6.45, 7) is 6.12. The van der Waals surface area contributed by atoms with Crippen LogP contribution in [-0.4, -0.2) is 22.0 Å². The van der Waals surface area contributed by atoms with Crippen LogP contribution in [0.2, 0.25) is 0 Å². The van der Waals surface area contributed by atoms with Crippen LogP contribution >= 0.6 is 0 Å². The molecule has 0 aliphatic rings. The molecule has 0 radical (unpaired) electrons. The van der Waals surface area contributed by atoms with E-state index in [9.17, 15) is 9.59 Å². The van der Waals surface area contributed by atoms with Crippen LogP contribution in [-0.2, 0) is 16.0 Å². The molecule has 0 aromatic carbocycles. The first-order chi connectivity index (χ1) is 12.0. The lowest BCUT2D eigenvalue weighted by Gasteiger charge is -2.14. The fraction of sp³-hybridized carbons (Fsp3) is 0.550. The van der Waals surface area contributed by atoms with Gasteiger partial charge >= 0.3 is 5.97 Å². The monoisotopic (exact) mass is 346 g/mol. The summed E-state index contributed by atoms with van der Waals surface area (Å²) in [5.74, 6) is -0.479. The number of pyridine rings is 1. The molecule has 1 heterocycles. The molecular weight excluding hydrogens is 316 g/mol. The minimum absolute atomic E-state index is 0.00785. The largest absolute Gasteiger partial charge is 0.478 e. The molecule has 0 saturated heterocycles. The van der Waals surface area contributed by atoms with E-state index in [2.05, 4.69) is 17.2 Å². The average molecular weight is 346 g/mol. The minimum atomic E-state index is -0.997. The lowest BCUT2D eigenvalue weighted by molar-refractivity contribution is -0.131. The summed E-state index contributed by atoms with van der Waals surface area (Å²) in [6, 6.07) is 1.86. The second-order valence-electron chi connectivity index (χ2n) is 6.39. The minimum Gasteiger partial charge on any atom is -0.478 e. The molecule has 2 N–H and O–H groups in total. The molecule has 0 fully saturated rings. The number of anilines is 1. The Bertz CT molecular complexity index is 597. The molecule has 1 aromatic rings. The van der Waals surface area contributed by atoms with Crippen molar-refractivity contribution in [2.45, 2.75) is 65.7 Å². The number of rotatable bonds is 11. The lowest BCUT2D eigenvalue weighted by Crippen LogP contribution is -2.22. The van der Waals surface area contributed by atoms with Gasteiger partial charge in [0.05, 0.1) is 0 Å². The van der Waals surface area contributed by atoms with E-state index >= 15 is 0 Å². The number of hydrogen-bond acceptors (Lipinski definition) is 3. The molecule has 5 heteroatoms. The van der Waals surface area contributed by atoms with Crippen LogP contribution in [0.1, 0.15) is 70.4 Å². The zero-order chi connectivity index (χ0) is 18.7. The Morgan fingerprint density at radius 2 is 1.96 bits per heavy atom. The third-order valence-corrected chi connectivity index (χ3v) is 4.22. The number of aryl methyl sites for hydroxylation is 1. The van der Waals surface area contributed by atoms with Crippen LogP contribution in [0.3, 0.4) is 0 Å². The summed E-state index contributed by atoms with van der Waals surface area (Å²) >= 11 is 0. The number of carboxylic acids is 1. The Labute approximate surface area is 150 Å². The number of carboxylic acid groups (broad SMARTS) is 1. The summed E-state index contributed by atoms with van der Waals surface area (Å²) in [5.41, 5.74) is 1.61. The first-order valence-electron chi connectivity index (χ1n) is 9.18. The molecule has 1 rings (SSSR count). The van der Waals surface area contributed by atoms with Gasteiger partial charge in [-0.15, -0.1) is 0 Å². The number of carbonyl (C=O) groups excluding carboxylic acids is 1. The number of aliphatic carboxylic acids is 1. The van der Waals surface area contributed by atoms with Crippen LogP contribution in [0.25, 0.3) is 6.08 Å². The number of nitrogens with one attached hydrogen (secondary N) is 1. The van der Waals surface area contributed by atoms with E-state index in [4.69, 9.17) is 5.11 Å². The van der Waals surface area contributed by atoms with Crippen molar-refractivity contribution < 1.29 is 14.7 Å². The Balaban J connectivity index is 2.62. The maximum Gasteiger partial charge on any atom is 0.328 e. The molecule has 1 aromatic heterocycles. The lowest BCUT2D eigenvalue weighted by atomic mass is 10.0. The number of unbranched alkanes of at least 4 members (excludes halogenated alkanes) is 4. The number of nitrogens with zero attached hydrogens (tertiary/aromatic N) is 1.